The van der Waals surface area contributed by atoms with Gasteiger partial charge in [-0.1, -0.05) is 0 Å². The van der Waals surface area contributed by atoms with Gasteiger partial charge in [-0.05, 0) is 44.8 Å². The smallest absolute Gasteiger partial charge is 0.348 e. The van der Waals surface area contributed by atoms with E-state index < -0.39 is 5.97 Å². The van der Waals surface area contributed by atoms with Crippen molar-refractivity contribution in [2.75, 3.05) is 25.0 Å². The fourth-order valence-corrected chi connectivity index (χ4v) is 2.97. The fourth-order valence-electron chi connectivity index (χ4n) is 2.14. The Morgan fingerprint density at radius 2 is 2.29 bits per heavy atom. The molecule has 1 aliphatic rings. The van der Waals surface area contributed by atoms with Crippen LogP contribution in [0.3, 0.4) is 0 Å². The van der Waals surface area contributed by atoms with Gasteiger partial charge in [-0.2, -0.15) is 0 Å². The van der Waals surface area contributed by atoms with Gasteiger partial charge in [-0.15, -0.1) is 11.3 Å². The Bertz CT molecular complexity index is 397. The minimum Gasteiger partial charge on any atom is -0.477 e. The van der Waals surface area contributed by atoms with E-state index in [0.29, 0.717) is 10.8 Å². The van der Waals surface area contributed by atoms with Crippen LogP contribution < -0.4 is 10.6 Å². The number of carboxylic acid groups (broad SMARTS) is 1. The van der Waals surface area contributed by atoms with Gasteiger partial charge in [0.15, 0.2) is 0 Å². The minimum atomic E-state index is -0.837. The van der Waals surface area contributed by atoms with Gasteiger partial charge in [-0.25, -0.2) is 4.79 Å². The minimum absolute atomic E-state index is 0.427. The maximum atomic E-state index is 11.0. The van der Waals surface area contributed by atoms with Gasteiger partial charge < -0.3 is 15.7 Å². The highest BCUT2D eigenvalue weighted by Crippen LogP contribution is 2.27. The van der Waals surface area contributed by atoms with E-state index in [4.69, 9.17) is 5.11 Å². The van der Waals surface area contributed by atoms with E-state index in [9.17, 15) is 4.79 Å². The molecule has 0 spiro atoms. The maximum Gasteiger partial charge on any atom is 0.348 e. The lowest BCUT2D eigenvalue weighted by Gasteiger charge is -2.23. The van der Waals surface area contributed by atoms with Crippen molar-refractivity contribution in [3.05, 3.63) is 15.8 Å². The van der Waals surface area contributed by atoms with Crippen molar-refractivity contribution in [3.8, 4) is 0 Å². The summed E-state index contributed by atoms with van der Waals surface area (Å²) in [5.74, 6) is -0.186. The Morgan fingerprint density at radius 1 is 1.59 bits per heavy atom. The maximum absolute atomic E-state index is 11.0. The van der Waals surface area contributed by atoms with Crippen molar-refractivity contribution in [2.45, 2.75) is 19.8 Å². The molecule has 1 aromatic heterocycles. The number of hydrogen-bond acceptors (Lipinski definition) is 4. The molecule has 2 rings (SSSR count). The van der Waals surface area contributed by atoms with Gasteiger partial charge in [0.1, 0.15) is 4.88 Å². The molecular weight excluding hydrogens is 236 g/mol. The summed E-state index contributed by atoms with van der Waals surface area (Å²) < 4.78 is 0. The van der Waals surface area contributed by atoms with Crippen molar-refractivity contribution >= 4 is 23.0 Å². The summed E-state index contributed by atoms with van der Waals surface area (Å²) in [6.07, 6.45) is 2.33. The van der Waals surface area contributed by atoms with Crippen LogP contribution in [0, 0.1) is 12.8 Å². The van der Waals surface area contributed by atoms with Crippen LogP contribution in [0.2, 0.25) is 0 Å². The Balaban J connectivity index is 1.95. The molecule has 0 unspecified atom stereocenters. The molecule has 3 N–H and O–H groups in total. The van der Waals surface area contributed by atoms with Gasteiger partial charge in [0.05, 0.1) is 5.69 Å². The zero-order valence-electron chi connectivity index (χ0n) is 9.95. The van der Waals surface area contributed by atoms with Crippen LogP contribution in [0.1, 0.15) is 27.4 Å². The average molecular weight is 254 g/mol. The molecule has 5 heteroatoms. The molecule has 1 saturated heterocycles. The highest BCUT2D eigenvalue weighted by Gasteiger charge is 2.16. The Labute approximate surface area is 105 Å². The Hall–Kier alpha value is -1.07. The number of aromatic carboxylic acids is 1. The molecule has 0 aromatic carbocycles. The third-order valence-corrected chi connectivity index (χ3v) is 4.13. The predicted octanol–water partition coefficient (Wildman–Crippen LogP) is 2.17. The van der Waals surface area contributed by atoms with E-state index >= 15 is 0 Å². The first-order valence-electron chi connectivity index (χ1n) is 5.95. The molecule has 2 heterocycles. The quantitative estimate of drug-likeness (QED) is 0.770. The van der Waals surface area contributed by atoms with Crippen LogP contribution >= 0.6 is 11.3 Å². The highest BCUT2D eigenvalue weighted by atomic mass is 32.1. The molecule has 0 aliphatic carbocycles. The summed E-state index contributed by atoms with van der Waals surface area (Å²) in [4.78, 5) is 12.5. The molecule has 1 fully saturated rings. The molecule has 1 aromatic rings. The Morgan fingerprint density at radius 3 is 2.94 bits per heavy atom. The molecule has 4 nitrogen and oxygen atoms in total. The van der Waals surface area contributed by atoms with Crippen LogP contribution in [0.15, 0.2) is 6.07 Å². The first-order chi connectivity index (χ1) is 8.16. The molecule has 1 aliphatic heterocycles. The molecular formula is C12H18N2O2S. The molecule has 94 valence electrons. The molecule has 0 atom stereocenters. The number of carboxylic acids is 1. The van der Waals surface area contributed by atoms with Crippen molar-refractivity contribution in [2.24, 2.45) is 5.92 Å². The van der Waals surface area contributed by atoms with Crippen molar-refractivity contribution in [1.29, 1.82) is 0 Å². The molecule has 0 radical (unpaired) electrons. The normalized spacial score (nSPS) is 17.0. The van der Waals surface area contributed by atoms with Crippen LogP contribution in [0.4, 0.5) is 5.69 Å². The van der Waals surface area contributed by atoms with Crippen molar-refractivity contribution < 1.29 is 9.90 Å². The van der Waals surface area contributed by atoms with Crippen LogP contribution in [-0.4, -0.2) is 30.7 Å². The summed E-state index contributed by atoms with van der Waals surface area (Å²) in [5.41, 5.74) is 0.776. The summed E-state index contributed by atoms with van der Waals surface area (Å²) in [6, 6.07) is 1.93. The summed E-state index contributed by atoms with van der Waals surface area (Å²) in [5, 5.41) is 15.7. The van der Waals surface area contributed by atoms with Gasteiger partial charge >= 0.3 is 5.97 Å². The SMILES string of the molecule is Cc1cc(NCC2CCNCC2)c(C(=O)O)s1. The first kappa shape index (κ1) is 12.4. The second-order valence-electron chi connectivity index (χ2n) is 4.48. The number of anilines is 1. The van der Waals surface area contributed by atoms with E-state index in [1.165, 1.54) is 24.2 Å². The predicted molar refractivity (Wildman–Crippen MR) is 70.1 cm³/mol. The highest BCUT2D eigenvalue weighted by molar-refractivity contribution is 7.14. The number of carbonyl (C=O) groups is 1. The zero-order chi connectivity index (χ0) is 12.3. The van der Waals surface area contributed by atoms with Crippen molar-refractivity contribution in [1.82, 2.24) is 5.32 Å². The lowest BCUT2D eigenvalue weighted by Crippen LogP contribution is -2.31. The number of rotatable bonds is 4. The van der Waals surface area contributed by atoms with E-state index in [0.717, 1.165) is 30.2 Å². The van der Waals surface area contributed by atoms with Gasteiger partial charge in [0, 0.05) is 11.4 Å². The van der Waals surface area contributed by atoms with Gasteiger partial charge in [0.25, 0.3) is 0 Å². The second-order valence-corrected chi connectivity index (χ2v) is 5.74. The molecule has 0 saturated carbocycles. The van der Waals surface area contributed by atoms with E-state index in [2.05, 4.69) is 10.6 Å². The number of aryl methyl sites for hydroxylation is 1. The summed E-state index contributed by atoms with van der Waals surface area (Å²) in [7, 11) is 0. The third kappa shape index (κ3) is 3.20. The summed E-state index contributed by atoms with van der Waals surface area (Å²) in [6.45, 7) is 4.95. The number of nitrogens with one attached hydrogen (secondary N) is 2. The molecule has 0 amide bonds. The lowest BCUT2D eigenvalue weighted by atomic mass is 9.98. The van der Waals surface area contributed by atoms with E-state index in [-0.39, 0.29) is 0 Å². The average Bonchev–Trinajstić information content (AvgIpc) is 2.69. The fraction of sp³-hybridized carbons (Fsp3) is 0.583. The van der Waals surface area contributed by atoms with E-state index in [1.54, 1.807) is 0 Å². The van der Waals surface area contributed by atoms with Crippen LogP contribution in [0.25, 0.3) is 0 Å². The van der Waals surface area contributed by atoms with Gasteiger partial charge in [0.2, 0.25) is 0 Å². The van der Waals surface area contributed by atoms with Crippen LogP contribution in [0.5, 0.6) is 0 Å². The van der Waals surface area contributed by atoms with Gasteiger partial charge in [-0.3, -0.25) is 0 Å². The first-order valence-corrected chi connectivity index (χ1v) is 6.77. The summed E-state index contributed by atoms with van der Waals surface area (Å²) >= 11 is 1.33. The topological polar surface area (TPSA) is 61.4 Å². The van der Waals surface area contributed by atoms with Crippen LogP contribution in [-0.2, 0) is 0 Å². The third-order valence-electron chi connectivity index (χ3n) is 3.09. The zero-order valence-corrected chi connectivity index (χ0v) is 10.8. The van der Waals surface area contributed by atoms with E-state index in [1.807, 2.05) is 13.0 Å². The molecule has 17 heavy (non-hydrogen) atoms. The number of thiophene rings is 1. The lowest BCUT2D eigenvalue weighted by molar-refractivity contribution is 0.0703. The second kappa shape index (κ2) is 5.51. The van der Waals surface area contributed by atoms with Crippen molar-refractivity contribution in [3.63, 3.8) is 0 Å². The molecule has 0 bridgehead atoms. The largest absolute Gasteiger partial charge is 0.477 e. The standard InChI is InChI=1S/C12H18N2O2S/c1-8-6-10(11(17-8)12(15)16)14-7-9-2-4-13-5-3-9/h6,9,13-14H,2-5,7H2,1H3,(H,15,16). The Kier molecular flexibility index (Phi) is 4.02. The number of piperidine rings is 1. The monoisotopic (exact) mass is 254 g/mol. The number of hydrogen-bond donors (Lipinski definition) is 3.